The van der Waals surface area contributed by atoms with E-state index >= 15 is 0 Å². The van der Waals surface area contributed by atoms with Gasteiger partial charge in [-0.25, -0.2) is 0 Å². The first kappa shape index (κ1) is 24.3. The van der Waals surface area contributed by atoms with Gasteiger partial charge in [0.15, 0.2) is 0 Å². The molecule has 0 radical (unpaired) electrons. The molecule has 0 atom stereocenters. The number of hydrogen-bond donors (Lipinski definition) is 0. The Balaban J connectivity index is 1.28. The fourth-order valence-corrected chi connectivity index (χ4v) is 7.45. The van der Waals surface area contributed by atoms with Crippen LogP contribution >= 0.6 is 0 Å². The summed E-state index contributed by atoms with van der Waals surface area (Å²) in [7, 11) is 0. The summed E-state index contributed by atoms with van der Waals surface area (Å²) in [6, 6.07) is 51.2. The van der Waals surface area contributed by atoms with Crippen LogP contribution in [0.5, 0.6) is 0 Å². The van der Waals surface area contributed by atoms with Crippen LogP contribution in [0.4, 0.5) is 0 Å². The van der Waals surface area contributed by atoms with Crippen LogP contribution < -0.4 is 0 Å². The Bertz CT molecular complexity index is 2370. The topological polar surface area (TPSA) is 9.86 Å². The Morgan fingerprint density at radius 2 is 1.23 bits per heavy atom. The highest BCUT2D eigenvalue weighted by Gasteiger charge is 2.35. The second kappa shape index (κ2) is 8.83. The lowest BCUT2D eigenvalue weighted by Crippen LogP contribution is -2.14. The second-order valence-corrected chi connectivity index (χ2v) is 12.3. The quantitative estimate of drug-likeness (QED) is 0.207. The van der Waals surface area contributed by atoms with E-state index in [0.717, 1.165) is 5.69 Å². The largest absolute Gasteiger partial charge is 0.315 e. The van der Waals surface area contributed by atoms with Crippen LogP contribution in [0.15, 0.2) is 146 Å². The molecular formula is C41H30N2. The van der Waals surface area contributed by atoms with Gasteiger partial charge in [-0.1, -0.05) is 111 Å². The second-order valence-electron chi connectivity index (χ2n) is 12.3. The van der Waals surface area contributed by atoms with Gasteiger partial charge in [0.05, 0.1) is 16.6 Å². The molecule has 9 rings (SSSR count). The Morgan fingerprint density at radius 3 is 2.14 bits per heavy atom. The fraction of sp³-hybridized carbons (Fsp3) is 0.0732. The molecule has 2 nitrogen and oxygen atoms in total. The van der Waals surface area contributed by atoms with Crippen LogP contribution in [0.2, 0.25) is 0 Å². The lowest BCUT2D eigenvalue weighted by Gasteiger charge is -2.22. The lowest BCUT2D eigenvalue weighted by atomic mass is 9.81. The van der Waals surface area contributed by atoms with Crippen LogP contribution in [0, 0.1) is 0 Å². The molecule has 2 heteroatoms. The van der Waals surface area contributed by atoms with E-state index in [1.807, 2.05) is 0 Å². The van der Waals surface area contributed by atoms with Crippen molar-refractivity contribution in [1.82, 2.24) is 9.13 Å². The Morgan fingerprint density at radius 1 is 0.488 bits per heavy atom. The summed E-state index contributed by atoms with van der Waals surface area (Å²) < 4.78 is 4.79. The van der Waals surface area contributed by atoms with E-state index in [4.69, 9.17) is 0 Å². The van der Waals surface area contributed by atoms with Gasteiger partial charge in [0, 0.05) is 39.1 Å². The van der Waals surface area contributed by atoms with Gasteiger partial charge in [-0.2, -0.15) is 0 Å². The highest BCUT2D eigenvalue weighted by molar-refractivity contribution is 6.18. The minimum atomic E-state index is -0.0270. The number of para-hydroxylation sites is 2. The molecule has 1 aliphatic rings. The first-order valence-corrected chi connectivity index (χ1v) is 15.0. The predicted molar refractivity (Wildman–Crippen MR) is 181 cm³/mol. The molecule has 0 spiro atoms. The molecule has 0 bridgehead atoms. The zero-order valence-corrected chi connectivity index (χ0v) is 24.3. The van der Waals surface area contributed by atoms with E-state index < -0.39 is 0 Å². The molecule has 0 amide bonds. The summed E-state index contributed by atoms with van der Waals surface area (Å²) in [6.07, 6.45) is 2.20. The molecule has 1 aliphatic carbocycles. The maximum atomic E-state index is 2.46. The van der Waals surface area contributed by atoms with Gasteiger partial charge < -0.3 is 9.13 Å². The average molecular weight is 551 g/mol. The number of nitrogens with zero attached hydrogens (tertiary/aromatic N) is 2. The SMILES string of the molecule is CC1(C)c2ccccc2-c2ccc(-c3cccc(-n4c5ccccc5c5ccc6ccn(-c7ccccc7)c6c54)c3)cc21. The van der Waals surface area contributed by atoms with Crippen molar-refractivity contribution in [2.24, 2.45) is 0 Å². The molecule has 0 fully saturated rings. The van der Waals surface area contributed by atoms with E-state index in [-0.39, 0.29) is 5.41 Å². The zero-order valence-electron chi connectivity index (χ0n) is 24.3. The first-order chi connectivity index (χ1) is 21.1. The summed E-state index contributed by atoms with van der Waals surface area (Å²) in [6.45, 7) is 4.70. The summed E-state index contributed by atoms with van der Waals surface area (Å²) >= 11 is 0. The fourth-order valence-electron chi connectivity index (χ4n) is 7.45. The Kier molecular flexibility index (Phi) is 4.99. The number of hydrogen-bond acceptors (Lipinski definition) is 0. The smallest absolute Gasteiger partial charge is 0.0788 e. The Labute approximate surface area is 251 Å². The van der Waals surface area contributed by atoms with Crippen molar-refractivity contribution in [3.05, 3.63) is 157 Å². The van der Waals surface area contributed by atoms with Crippen LogP contribution in [0.25, 0.3) is 66.3 Å². The number of rotatable bonds is 3. The normalized spacial score (nSPS) is 13.5. The number of benzene rings is 6. The molecule has 0 N–H and O–H groups in total. The molecule has 0 saturated carbocycles. The molecule has 0 unspecified atom stereocenters. The first-order valence-electron chi connectivity index (χ1n) is 15.0. The zero-order chi connectivity index (χ0) is 28.7. The highest BCUT2D eigenvalue weighted by Crippen LogP contribution is 2.49. The molecule has 204 valence electrons. The monoisotopic (exact) mass is 550 g/mol. The van der Waals surface area contributed by atoms with Crippen molar-refractivity contribution in [2.45, 2.75) is 19.3 Å². The van der Waals surface area contributed by atoms with Gasteiger partial charge in [-0.05, 0) is 75.8 Å². The third-order valence-corrected chi connectivity index (χ3v) is 9.54. The van der Waals surface area contributed by atoms with E-state index in [9.17, 15) is 0 Å². The van der Waals surface area contributed by atoms with Gasteiger partial charge in [-0.15, -0.1) is 0 Å². The molecule has 2 heterocycles. The molecule has 43 heavy (non-hydrogen) atoms. The van der Waals surface area contributed by atoms with Gasteiger partial charge in [-0.3, -0.25) is 0 Å². The predicted octanol–water partition coefficient (Wildman–Crippen LogP) is 10.7. The van der Waals surface area contributed by atoms with Gasteiger partial charge in [0.2, 0.25) is 0 Å². The lowest BCUT2D eigenvalue weighted by molar-refractivity contribution is 0.660. The molecule has 0 aliphatic heterocycles. The van der Waals surface area contributed by atoms with Crippen molar-refractivity contribution in [3.8, 4) is 33.6 Å². The minimum Gasteiger partial charge on any atom is -0.315 e. The summed E-state index contributed by atoms with van der Waals surface area (Å²) in [4.78, 5) is 0. The number of fused-ring (bicyclic) bond motifs is 8. The van der Waals surface area contributed by atoms with Crippen LogP contribution in [-0.4, -0.2) is 9.13 Å². The van der Waals surface area contributed by atoms with E-state index in [2.05, 4.69) is 169 Å². The number of aromatic nitrogens is 2. The summed E-state index contributed by atoms with van der Waals surface area (Å²) in [5, 5.41) is 3.76. The van der Waals surface area contributed by atoms with Crippen molar-refractivity contribution in [1.29, 1.82) is 0 Å². The third-order valence-electron chi connectivity index (χ3n) is 9.54. The van der Waals surface area contributed by atoms with E-state index in [1.54, 1.807) is 0 Å². The van der Waals surface area contributed by atoms with Crippen molar-refractivity contribution in [3.63, 3.8) is 0 Å². The van der Waals surface area contributed by atoms with Crippen LogP contribution in [0.1, 0.15) is 25.0 Å². The van der Waals surface area contributed by atoms with E-state index in [0.29, 0.717) is 0 Å². The standard InChI is InChI=1S/C41H30N2/c1-41(2)36-17-8-6-15-32(36)33-21-20-29(26-37(33)41)28-11-10-14-31(25-28)43-38-18-9-7-16-34(38)35-22-19-27-23-24-42(39(27)40(35)43)30-12-4-3-5-13-30/h3-26H,1-2H3. The maximum Gasteiger partial charge on any atom is 0.0788 e. The van der Waals surface area contributed by atoms with Crippen molar-refractivity contribution in [2.75, 3.05) is 0 Å². The van der Waals surface area contributed by atoms with Gasteiger partial charge >= 0.3 is 0 Å². The van der Waals surface area contributed by atoms with E-state index in [1.165, 1.54) is 71.8 Å². The molecule has 2 aromatic heterocycles. The summed E-state index contributed by atoms with van der Waals surface area (Å²) in [5.74, 6) is 0. The van der Waals surface area contributed by atoms with Crippen molar-refractivity contribution >= 4 is 32.7 Å². The summed E-state index contributed by atoms with van der Waals surface area (Å²) in [5.41, 5.74) is 14.0. The van der Waals surface area contributed by atoms with Crippen LogP contribution in [-0.2, 0) is 5.41 Å². The average Bonchev–Trinajstić information content (AvgIpc) is 3.70. The Hall–Kier alpha value is -5.34. The highest BCUT2D eigenvalue weighted by atomic mass is 15.0. The third kappa shape index (κ3) is 3.41. The van der Waals surface area contributed by atoms with Gasteiger partial charge in [0.1, 0.15) is 0 Å². The van der Waals surface area contributed by atoms with Crippen LogP contribution in [0.3, 0.4) is 0 Å². The molecule has 6 aromatic carbocycles. The maximum absolute atomic E-state index is 2.46. The minimum absolute atomic E-state index is 0.0270. The molecular weight excluding hydrogens is 520 g/mol. The van der Waals surface area contributed by atoms with Gasteiger partial charge in [0.25, 0.3) is 0 Å². The molecule has 8 aromatic rings. The molecule has 0 saturated heterocycles. The van der Waals surface area contributed by atoms with Crippen molar-refractivity contribution < 1.29 is 0 Å².